The Bertz CT molecular complexity index is 1230. The van der Waals surface area contributed by atoms with Crippen LogP contribution in [0.1, 0.15) is 38.3 Å². The Balaban J connectivity index is 1.75. The average molecular weight is 427 g/mol. The van der Waals surface area contributed by atoms with Crippen molar-refractivity contribution in [2.24, 2.45) is 0 Å². The van der Waals surface area contributed by atoms with Crippen molar-refractivity contribution in [3.8, 4) is 0 Å². The lowest BCUT2D eigenvalue weighted by molar-refractivity contribution is -0.115. The molecule has 6 nitrogen and oxygen atoms in total. The molecule has 2 N–H and O–H groups in total. The molecule has 30 heavy (non-hydrogen) atoms. The van der Waals surface area contributed by atoms with E-state index in [1.165, 1.54) is 12.1 Å². The van der Waals surface area contributed by atoms with Gasteiger partial charge in [-0.2, -0.15) is 0 Å². The molecule has 0 bridgehead atoms. The standard InChI is InChI=1S/C23H26N2O4S/c1-4-5-17-13-23(27)25-21-14-18(8-11-20(17)21)24-22(26)12-16-6-9-19(10-7-16)30(28,29)15(2)3/h6-11,13-15H,4-5,12H2,1-3H3,(H,24,26)(H,25,27). The van der Waals surface area contributed by atoms with Crippen molar-refractivity contribution in [3.63, 3.8) is 0 Å². The molecule has 0 radical (unpaired) electrons. The minimum Gasteiger partial charge on any atom is -0.326 e. The van der Waals surface area contributed by atoms with Crippen LogP contribution in [0.4, 0.5) is 5.69 Å². The monoisotopic (exact) mass is 426 g/mol. The van der Waals surface area contributed by atoms with Crippen molar-refractivity contribution in [2.75, 3.05) is 5.32 Å². The van der Waals surface area contributed by atoms with Gasteiger partial charge in [0.2, 0.25) is 11.5 Å². The molecule has 0 saturated carbocycles. The van der Waals surface area contributed by atoms with Gasteiger partial charge in [-0.25, -0.2) is 8.42 Å². The van der Waals surface area contributed by atoms with Crippen molar-refractivity contribution >= 4 is 32.3 Å². The summed E-state index contributed by atoms with van der Waals surface area (Å²) in [6, 6.07) is 13.5. The second-order valence-electron chi connectivity index (χ2n) is 7.63. The normalized spacial score (nSPS) is 11.7. The molecule has 1 amide bonds. The molecular weight excluding hydrogens is 400 g/mol. The first-order chi connectivity index (χ1) is 14.2. The maximum absolute atomic E-state index is 12.4. The maximum Gasteiger partial charge on any atom is 0.248 e. The zero-order valence-corrected chi connectivity index (χ0v) is 18.2. The van der Waals surface area contributed by atoms with E-state index in [9.17, 15) is 18.0 Å². The highest BCUT2D eigenvalue weighted by molar-refractivity contribution is 7.92. The third-order valence-corrected chi connectivity index (χ3v) is 7.14. The van der Waals surface area contributed by atoms with Crippen LogP contribution in [-0.2, 0) is 27.5 Å². The van der Waals surface area contributed by atoms with Crippen molar-refractivity contribution in [1.82, 2.24) is 4.98 Å². The Kier molecular flexibility index (Phi) is 6.41. The van der Waals surface area contributed by atoms with Gasteiger partial charge in [-0.1, -0.05) is 31.5 Å². The number of aryl methyl sites for hydroxylation is 1. The molecule has 7 heteroatoms. The first-order valence-corrected chi connectivity index (χ1v) is 11.5. The van der Waals surface area contributed by atoms with Gasteiger partial charge in [0, 0.05) is 17.1 Å². The van der Waals surface area contributed by atoms with Gasteiger partial charge in [-0.15, -0.1) is 0 Å². The van der Waals surface area contributed by atoms with Gasteiger partial charge in [-0.05, 0) is 55.7 Å². The number of pyridine rings is 1. The summed E-state index contributed by atoms with van der Waals surface area (Å²) in [6.07, 6.45) is 1.87. The van der Waals surface area contributed by atoms with Crippen LogP contribution in [0.3, 0.4) is 0 Å². The molecule has 2 aromatic carbocycles. The molecule has 0 saturated heterocycles. The second-order valence-corrected chi connectivity index (χ2v) is 10.1. The zero-order chi connectivity index (χ0) is 21.9. The lowest BCUT2D eigenvalue weighted by Gasteiger charge is -2.10. The molecule has 3 aromatic rings. The highest BCUT2D eigenvalue weighted by atomic mass is 32.2. The smallest absolute Gasteiger partial charge is 0.248 e. The number of aromatic nitrogens is 1. The Morgan fingerprint density at radius 2 is 1.77 bits per heavy atom. The molecular formula is C23H26N2O4S. The summed E-state index contributed by atoms with van der Waals surface area (Å²) >= 11 is 0. The molecule has 0 aliphatic rings. The molecule has 0 atom stereocenters. The third kappa shape index (κ3) is 4.79. The Hall–Kier alpha value is -2.93. The van der Waals surface area contributed by atoms with E-state index in [1.807, 2.05) is 12.1 Å². The lowest BCUT2D eigenvalue weighted by atomic mass is 10.0. The topological polar surface area (TPSA) is 96.1 Å². The highest BCUT2D eigenvalue weighted by Gasteiger charge is 2.18. The lowest BCUT2D eigenvalue weighted by Crippen LogP contribution is -2.16. The van der Waals surface area contributed by atoms with E-state index >= 15 is 0 Å². The van der Waals surface area contributed by atoms with Crippen LogP contribution in [0, 0.1) is 0 Å². The summed E-state index contributed by atoms with van der Waals surface area (Å²) < 4.78 is 24.4. The van der Waals surface area contributed by atoms with Gasteiger partial charge in [0.1, 0.15) is 0 Å². The number of hydrogen-bond acceptors (Lipinski definition) is 4. The number of fused-ring (bicyclic) bond motifs is 1. The first kappa shape index (κ1) is 21.8. The number of anilines is 1. The van der Waals surface area contributed by atoms with Crippen LogP contribution in [0.25, 0.3) is 10.9 Å². The van der Waals surface area contributed by atoms with Crippen LogP contribution in [0.2, 0.25) is 0 Å². The fourth-order valence-corrected chi connectivity index (χ4v) is 4.41. The molecule has 1 aromatic heterocycles. The fraction of sp³-hybridized carbons (Fsp3) is 0.304. The van der Waals surface area contributed by atoms with E-state index in [4.69, 9.17) is 0 Å². The van der Waals surface area contributed by atoms with Crippen LogP contribution in [0.15, 0.2) is 58.2 Å². The minimum atomic E-state index is -3.33. The zero-order valence-electron chi connectivity index (χ0n) is 17.4. The van der Waals surface area contributed by atoms with Gasteiger partial charge >= 0.3 is 0 Å². The van der Waals surface area contributed by atoms with E-state index in [0.717, 1.165) is 29.4 Å². The minimum absolute atomic E-state index is 0.117. The number of carbonyl (C=O) groups excluding carboxylic acids is 1. The van der Waals surface area contributed by atoms with Gasteiger partial charge in [0.15, 0.2) is 9.84 Å². The Morgan fingerprint density at radius 3 is 2.40 bits per heavy atom. The molecule has 1 heterocycles. The van der Waals surface area contributed by atoms with E-state index in [1.54, 1.807) is 38.1 Å². The molecule has 0 aliphatic carbocycles. The number of sulfone groups is 1. The van der Waals surface area contributed by atoms with Gasteiger partial charge in [0.05, 0.1) is 22.1 Å². The van der Waals surface area contributed by atoms with Crippen LogP contribution in [0.5, 0.6) is 0 Å². The van der Waals surface area contributed by atoms with Crippen LogP contribution < -0.4 is 10.9 Å². The molecule has 0 aliphatic heterocycles. The maximum atomic E-state index is 12.4. The summed E-state index contributed by atoms with van der Waals surface area (Å²) in [5, 5.41) is 3.31. The quantitative estimate of drug-likeness (QED) is 0.600. The van der Waals surface area contributed by atoms with Crippen molar-refractivity contribution in [1.29, 1.82) is 0 Å². The van der Waals surface area contributed by atoms with Crippen molar-refractivity contribution in [3.05, 3.63) is 70.0 Å². The molecule has 3 rings (SSSR count). The van der Waals surface area contributed by atoms with Gasteiger partial charge in [-0.3, -0.25) is 9.59 Å². The summed E-state index contributed by atoms with van der Waals surface area (Å²) in [6.45, 7) is 5.34. The summed E-state index contributed by atoms with van der Waals surface area (Å²) in [5.41, 5.74) is 2.83. The molecule has 0 fully saturated rings. The summed E-state index contributed by atoms with van der Waals surface area (Å²) in [4.78, 5) is 27.4. The number of carbonyl (C=O) groups is 1. The highest BCUT2D eigenvalue weighted by Crippen LogP contribution is 2.21. The summed E-state index contributed by atoms with van der Waals surface area (Å²) in [5.74, 6) is -0.221. The Labute approximate surface area is 176 Å². The average Bonchev–Trinajstić information content (AvgIpc) is 2.68. The van der Waals surface area contributed by atoms with E-state index in [2.05, 4.69) is 17.2 Å². The number of rotatable bonds is 7. The number of nitrogens with one attached hydrogen (secondary N) is 2. The van der Waals surface area contributed by atoms with Crippen molar-refractivity contribution in [2.45, 2.75) is 50.2 Å². The fourth-order valence-electron chi connectivity index (χ4n) is 3.35. The van der Waals surface area contributed by atoms with E-state index < -0.39 is 15.1 Å². The van der Waals surface area contributed by atoms with E-state index in [-0.39, 0.29) is 22.8 Å². The van der Waals surface area contributed by atoms with Gasteiger partial charge in [0.25, 0.3) is 0 Å². The predicted octanol–water partition coefficient (Wildman–Crippen LogP) is 3.84. The number of amides is 1. The van der Waals surface area contributed by atoms with Crippen molar-refractivity contribution < 1.29 is 13.2 Å². The first-order valence-electron chi connectivity index (χ1n) is 9.99. The summed E-state index contributed by atoms with van der Waals surface area (Å²) in [7, 11) is -3.33. The SMILES string of the molecule is CCCc1cc(=O)[nH]c2cc(NC(=O)Cc3ccc(S(=O)(=O)C(C)C)cc3)ccc12. The van der Waals surface area contributed by atoms with Crippen LogP contribution in [-0.4, -0.2) is 24.6 Å². The van der Waals surface area contributed by atoms with Gasteiger partial charge < -0.3 is 10.3 Å². The molecule has 0 spiro atoms. The molecule has 0 unspecified atom stereocenters. The second kappa shape index (κ2) is 8.83. The van der Waals surface area contributed by atoms with Crippen LogP contribution >= 0.6 is 0 Å². The largest absolute Gasteiger partial charge is 0.326 e. The number of hydrogen-bond donors (Lipinski definition) is 2. The number of aromatic amines is 1. The third-order valence-electron chi connectivity index (χ3n) is 4.97. The number of H-pyrrole nitrogens is 1. The number of benzene rings is 2. The predicted molar refractivity (Wildman–Crippen MR) is 120 cm³/mol. The Morgan fingerprint density at radius 1 is 1.07 bits per heavy atom. The van der Waals surface area contributed by atoms with E-state index in [0.29, 0.717) is 11.2 Å². The molecule has 158 valence electrons.